The summed E-state index contributed by atoms with van der Waals surface area (Å²) in [7, 11) is 2.06. The van der Waals surface area contributed by atoms with E-state index in [-0.39, 0.29) is 0 Å². The minimum Gasteiger partial charge on any atom is -0.313 e. The molecule has 0 fully saturated rings. The SMILES string of the molecule is CCCCCCCCC(NC)c1cncc2ccccc12. The van der Waals surface area contributed by atoms with Gasteiger partial charge in [-0.3, -0.25) is 4.98 Å². The van der Waals surface area contributed by atoms with E-state index in [1.54, 1.807) is 0 Å². The lowest BCUT2D eigenvalue weighted by Crippen LogP contribution is -2.16. The number of nitrogens with zero attached hydrogens (tertiary/aromatic N) is 1. The Kier molecular flexibility index (Phi) is 6.68. The van der Waals surface area contributed by atoms with E-state index < -0.39 is 0 Å². The van der Waals surface area contributed by atoms with E-state index >= 15 is 0 Å². The molecule has 0 aliphatic heterocycles. The summed E-state index contributed by atoms with van der Waals surface area (Å²) in [5, 5.41) is 6.04. The highest BCUT2D eigenvalue weighted by atomic mass is 14.9. The van der Waals surface area contributed by atoms with Crippen molar-refractivity contribution < 1.29 is 0 Å². The summed E-state index contributed by atoms with van der Waals surface area (Å²) < 4.78 is 0. The minimum atomic E-state index is 0.412. The second kappa shape index (κ2) is 8.78. The van der Waals surface area contributed by atoms with Gasteiger partial charge >= 0.3 is 0 Å². The van der Waals surface area contributed by atoms with Crippen molar-refractivity contribution in [1.82, 2.24) is 10.3 Å². The van der Waals surface area contributed by atoms with E-state index in [1.807, 2.05) is 12.4 Å². The lowest BCUT2D eigenvalue weighted by Gasteiger charge is -2.18. The summed E-state index contributed by atoms with van der Waals surface area (Å²) >= 11 is 0. The summed E-state index contributed by atoms with van der Waals surface area (Å²) in [6.07, 6.45) is 13.3. The number of rotatable bonds is 9. The van der Waals surface area contributed by atoms with Crippen molar-refractivity contribution in [2.24, 2.45) is 0 Å². The summed E-state index contributed by atoms with van der Waals surface area (Å²) in [6, 6.07) is 8.95. The molecule has 0 radical (unpaired) electrons. The Bertz CT molecular complexity index is 531. The van der Waals surface area contributed by atoms with E-state index in [0.717, 1.165) is 0 Å². The molecule has 0 saturated heterocycles. The Balaban J connectivity index is 1.96. The highest BCUT2D eigenvalue weighted by Crippen LogP contribution is 2.26. The van der Waals surface area contributed by atoms with Crippen LogP contribution in [0.4, 0.5) is 0 Å². The van der Waals surface area contributed by atoms with Crippen LogP contribution in [-0.2, 0) is 0 Å². The molecule has 1 heterocycles. The molecule has 1 aromatic carbocycles. The van der Waals surface area contributed by atoms with Crippen LogP contribution in [0.15, 0.2) is 36.7 Å². The minimum absolute atomic E-state index is 0.412. The van der Waals surface area contributed by atoms with E-state index in [9.17, 15) is 0 Å². The van der Waals surface area contributed by atoms with Gasteiger partial charge in [0, 0.05) is 23.8 Å². The summed E-state index contributed by atoms with van der Waals surface area (Å²) in [5.41, 5.74) is 1.34. The average molecular weight is 284 g/mol. The second-order valence-electron chi connectivity index (χ2n) is 5.85. The monoisotopic (exact) mass is 284 g/mol. The van der Waals surface area contributed by atoms with Crippen molar-refractivity contribution in [3.8, 4) is 0 Å². The van der Waals surface area contributed by atoms with Crippen LogP contribution in [-0.4, -0.2) is 12.0 Å². The molecule has 1 unspecified atom stereocenters. The number of unbranched alkanes of at least 4 members (excludes halogenated alkanes) is 5. The first-order valence-electron chi connectivity index (χ1n) is 8.36. The van der Waals surface area contributed by atoms with Crippen LogP contribution in [0.5, 0.6) is 0 Å². The maximum atomic E-state index is 4.41. The zero-order valence-electron chi connectivity index (χ0n) is 13.4. The third-order valence-corrected chi connectivity index (χ3v) is 4.27. The van der Waals surface area contributed by atoms with E-state index in [0.29, 0.717) is 6.04 Å². The number of pyridine rings is 1. The van der Waals surface area contributed by atoms with E-state index in [4.69, 9.17) is 0 Å². The van der Waals surface area contributed by atoms with Crippen molar-refractivity contribution in [2.45, 2.75) is 57.9 Å². The van der Waals surface area contributed by atoms with Crippen LogP contribution in [0.2, 0.25) is 0 Å². The smallest absolute Gasteiger partial charge is 0.0346 e. The van der Waals surface area contributed by atoms with Gasteiger partial charge in [-0.05, 0) is 24.4 Å². The van der Waals surface area contributed by atoms with Crippen LogP contribution in [0, 0.1) is 0 Å². The van der Waals surface area contributed by atoms with Gasteiger partial charge in [-0.25, -0.2) is 0 Å². The molecular weight excluding hydrogens is 256 g/mol. The van der Waals surface area contributed by atoms with Gasteiger partial charge in [0.25, 0.3) is 0 Å². The largest absolute Gasteiger partial charge is 0.313 e. The fourth-order valence-corrected chi connectivity index (χ4v) is 3.00. The van der Waals surface area contributed by atoms with Crippen molar-refractivity contribution in [2.75, 3.05) is 7.05 Å². The quantitative estimate of drug-likeness (QED) is 0.636. The lowest BCUT2D eigenvalue weighted by molar-refractivity contribution is 0.499. The number of aromatic nitrogens is 1. The topological polar surface area (TPSA) is 24.9 Å². The van der Waals surface area contributed by atoms with Gasteiger partial charge < -0.3 is 5.32 Å². The highest BCUT2D eigenvalue weighted by molar-refractivity contribution is 5.85. The Morgan fingerprint density at radius 3 is 2.57 bits per heavy atom. The lowest BCUT2D eigenvalue weighted by atomic mass is 9.97. The summed E-state index contributed by atoms with van der Waals surface area (Å²) in [4.78, 5) is 4.41. The van der Waals surface area contributed by atoms with Crippen molar-refractivity contribution in [3.05, 3.63) is 42.2 Å². The molecule has 2 nitrogen and oxygen atoms in total. The van der Waals surface area contributed by atoms with Crippen LogP contribution in [0.1, 0.15) is 63.5 Å². The number of nitrogens with one attached hydrogen (secondary N) is 1. The third-order valence-electron chi connectivity index (χ3n) is 4.27. The number of hydrogen-bond donors (Lipinski definition) is 1. The normalized spacial score (nSPS) is 12.7. The fraction of sp³-hybridized carbons (Fsp3) is 0.526. The van der Waals surface area contributed by atoms with E-state index in [2.05, 4.69) is 48.5 Å². The van der Waals surface area contributed by atoms with Gasteiger partial charge in [0.15, 0.2) is 0 Å². The number of fused-ring (bicyclic) bond motifs is 1. The molecule has 1 aromatic heterocycles. The van der Waals surface area contributed by atoms with Crippen molar-refractivity contribution >= 4 is 10.8 Å². The fourth-order valence-electron chi connectivity index (χ4n) is 3.00. The molecular formula is C19H28N2. The zero-order chi connectivity index (χ0) is 14.9. The molecule has 0 bridgehead atoms. The number of hydrogen-bond acceptors (Lipinski definition) is 2. The van der Waals surface area contributed by atoms with Crippen LogP contribution in [0.25, 0.3) is 10.8 Å². The first-order valence-corrected chi connectivity index (χ1v) is 8.36. The molecule has 0 amide bonds. The van der Waals surface area contributed by atoms with Gasteiger partial charge in [0.2, 0.25) is 0 Å². The molecule has 2 aromatic rings. The Labute approximate surface area is 129 Å². The molecule has 21 heavy (non-hydrogen) atoms. The molecule has 0 saturated carbocycles. The molecule has 0 spiro atoms. The summed E-state index contributed by atoms with van der Waals surface area (Å²) in [6.45, 7) is 2.27. The highest BCUT2D eigenvalue weighted by Gasteiger charge is 2.12. The van der Waals surface area contributed by atoms with Gasteiger partial charge in [-0.2, -0.15) is 0 Å². The second-order valence-corrected chi connectivity index (χ2v) is 5.85. The van der Waals surface area contributed by atoms with Gasteiger partial charge in [-0.15, -0.1) is 0 Å². The first-order chi connectivity index (χ1) is 10.4. The Morgan fingerprint density at radius 2 is 1.76 bits per heavy atom. The van der Waals surface area contributed by atoms with E-state index in [1.165, 1.54) is 61.3 Å². The van der Waals surface area contributed by atoms with Crippen molar-refractivity contribution in [3.63, 3.8) is 0 Å². The van der Waals surface area contributed by atoms with Crippen LogP contribution >= 0.6 is 0 Å². The molecule has 2 heteroatoms. The van der Waals surface area contributed by atoms with Crippen molar-refractivity contribution in [1.29, 1.82) is 0 Å². The molecule has 0 aliphatic rings. The van der Waals surface area contributed by atoms with Crippen LogP contribution < -0.4 is 5.32 Å². The maximum Gasteiger partial charge on any atom is 0.0346 e. The molecule has 2 rings (SSSR count). The molecule has 1 atom stereocenters. The molecule has 114 valence electrons. The van der Waals surface area contributed by atoms with Crippen LogP contribution in [0.3, 0.4) is 0 Å². The molecule has 0 aliphatic carbocycles. The maximum absolute atomic E-state index is 4.41. The average Bonchev–Trinajstić information content (AvgIpc) is 2.54. The number of benzene rings is 1. The standard InChI is InChI=1S/C19H28N2/c1-3-4-5-6-7-8-13-19(20-2)18-15-21-14-16-11-9-10-12-17(16)18/h9-12,14-15,19-20H,3-8,13H2,1-2H3. The van der Waals surface area contributed by atoms with Gasteiger partial charge in [0.05, 0.1) is 0 Å². The third kappa shape index (κ3) is 4.53. The predicted molar refractivity (Wildman–Crippen MR) is 91.5 cm³/mol. The Morgan fingerprint density at radius 1 is 1.00 bits per heavy atom. The predicted octanol–water partition coefficient (Wildman–Crippen LogP) is 5.25. The molecule has 1 N–H and O–H groups in total. The van der Waals surface area contributed by atoms with Gasteiger partial charge in [-0.1, -0.05) is 69.7 Å². The first kappa shape index (κ1) is 16.0. The zero-order valence-corrected chi connectivity index (χ0v) is 13.4. The van der Waals surface area contributed by atoms with Gasteiger partial charge in [0.1, 0.15) is 0 Å². The Hall–Kier alpha value is -1.41. The summed E-state index contributed by atoms with van der Waals surface area (Å²) in [5.74, 6) is 0.